The zero-order valence-corrected chi connectivity index (χ0v) is 13.4. The maximum absolute atomic E-state index is 12.2. The van der Waals surface area contributed by atoms with Crippen LogP contribution < -0.4 is 10.5 Å². The monoisotopic (exact) mass is 298 g/mol. The largest absolute Gasteiger partial charge is 0.326 e. The normalized spacial score (nSPS) is 13.7. The summed E-state index contributed by atoms with van der Waals surface area (Å²) in [5.41, 5.74) is 7.31. The van der Waals surface area contributed by atoms with Crippen molar-refractivity contribution >= 4 is 10.0 Å². The van der Waals surface area contributed by atoms with Gasteiger partial charge in [-0.2, -0.15) is 0 Å². The van der Waals surface area contributed by atoms with Crippen LogP contribution in [0.3, 0.4) is 0 Å². The Labute approximate surface area is 122 Å². The van der Waals surface area contributed by atoms with Crippen molar-refractivity contribution in [2.75, 3.05) is 0 Å². The SMILES string of the molecule is CCC(CC)C(C)NS(=O)(=O)Cc1ccc(CN)cc1. The summed E-state index contributed by atoms with van der Waals surface area (Å²) in [6.45, 7) is 6.58. The van der Waals surface area contributed by atoms with Crippen LogP contribution in [0.1, 0.15) is 44.7 Å². The molecule has 0 aliphatic carbocycles. The average Bonchev–Trinajstić information content (AvgIpc) is 2.39. The molecule has 0 fully saturated rings. The molecule has 1 atom stereocenters. The first-order valence-corrected chi connectivity index (χ1v) is 8.85. The van der Waals surface area contributed by atoms with E-state index in [1.165, 1.54) is 0 Å². The number of hydrogen-bond acceptors (Lipinski definition) is 3. The van der Waals surface area contributed by atoms with Crippen LogP contribution in [0.15, 0.2) is 24.3 Å². The Hall–Kier alpha value is -0.910. The number of hydrogen-bond donors (Lipinski definition) is 2. The minimum Gasteiger partial charge on any atom is -0.326 e. The predicted molar refractivity (Wildman–Crippen MR) is 83.6 cm³/mol. The Morgan fingerprint density at radius 2 is 1.60 bits per heavy atom. The molecular weight excluding hydrogens is 272 g/mol. The predicted octanol–water partition coefficient (Wildman–Crippen LogP) is 2.39. The van der Waals surface area contributed by atoms with Gasteiger partial charge in [0.1, 0.15) is 0 Å². The van der Waals surface area contributed by atoms with Crippen LogP contribution in [-0.2, 0) is 22.3 Å². The van der Waals surface area contributed by atoms with Gasteiger partial charge in [0, 0.05) is 12.6 Å². The molecule has 1 rings (SSSR count). The third-order valence-electron chi connectivity index (χ3n) is 3.74. The molecule has 1 aromatic rings. The molecule has 1 aromatic carbocycles. The highest BCUT2D eigenvalue weighted by Crippen LogP contribution is 2.15. The molecule has 5 heteroatoms. The van der Waals surface area contributed by atoms with Crippen molar-refractivity contribution in [1.29, 1.82) is 0 Å². The van der Waals surface area contributed by atoms with Crippen LogP contribution in [-0.4, -0.2) is 14.5 Å². The van der Waals surface area contributed by atoms with Gasteiger partial charge in [-0.25, -0.2) is 13.1 Å². The van der Waals surface area contributed by atoms with E-state index >= 15 is 0 Å². The number of nitrogens with one attached hydrogen (secondary N) is 1. The molecule has 0 radical (unpaired) electrons. The van der Waals surface area contributed by atoms with Crippen molar-refractivity contribution in [3.8, 4) is 0 Å². The Kier molecular flexibility index (Phi) is 6.65. The molecule has 0 aliphatic heterocycles. The van der Waals surface area contributed by atoms with Gasteiger partial charge in [0.15, 0.2) is 0 Å². The molecule has 4 nitrogen and oxygen atoms in total. The summed E-state index contributed by atoms with van der Waals surface area (Å²) in [6, 6.07) is 7.36. The highest BCUT2D eigenvalue weighted by Gasteiger charge is 2.20. The summed E-state index contributed by atoms with van der Waals surface area (Å²) in [7, 11) is -3.30. The summed E-state index contributed by atoms with van der Waals surface area (Å²) in [5.74, 6) is 0.395. The lowest BCUT2D eigenvalue weighted by Gasteiger charge is -2.22. The topological polar surface area (TPSA) is 72.2 Å². The first-order valence-electron chi connectivity index (χ1n) is 7.19. The van der Waals surface area contributed by atoms with Gasteiger partial charge in [0.25, 0.3) is 0 Å². The third-order valence-corrected chi connectivity index (χ3v) is 5.18. The van der Waals surface area contributed by atoms with Gasteiger partial charge < -0.3 is 5.73 Å². The lowest BCUT2D eigenvalue weighted by atomic mass is 9.96. The van der Waals surface area contributed by atoms with E-state index in [1.807, 2.05) is 31.2 Å². The molecule has 1 unspecified atom stereocenters. The van der Waals surface area contributed by atoms with Crippen LogP contribution in [0.4, 0.5) is 0 Å². The molecule has 0 bridgehead atoms. The second-order valence-corrected chi connectivity index (χ2v) is 7.02. The molecule has 114 valence electrons. The van der Waals surface area contributed by atoms with Gasteiger partial charge in [-0.3, -0.25) is 0 Å². The quantitative estimate of drug-likeness (QED) is 0.774. The Morgan fingerprint density at radius 1 is 1.10 bits per heavy atom. The van der Waals surface area contributed by atoms with Crippen molar-refractivity contribution in [3.63, 3.8) is 0 Å². The van der Waals surface area contributed by atoms with Crippen molar-refractivity contribution in [2.45, 2.75) is 52.0 Å². The van der Waals surface area contributed by atoms with E-state index in [0.717, 1.165) is 24.0 Å². The van der Waals surface area contributed by atoms with Gasteiger partial charge in [-0.05, 0) is 24.0 Å². The summed E-state index contributed by atoms with van der Waals surface area (Å²) in [6.07, 6.45) is 1.96. The summed E-state index contributed by atoms with van der Waals surface area (Å²) < 4.78 is 27.1. The van der Waals surface area contributed by atoms with E-state index in [1.54, 1.807) is 0 Å². The van der Waals surface area contributed by atoms with E-state index in [4.69, 9.17) is 5.73 Å². The van der Waals surface area contributed by atoms with E-state index in [0.29, 0.717) is 12.5 Å². The molecule has 0 amide bonds. The van der Waals surface area contributed by atoms with Gasteiger partial charge in [0.2, 0.25) is 10.0 Å². The number of benzene rings is 1. The first kappa shape index (κ1) is 17.1. The molecule has 3 N–H and O–H groups in total. The van der Waals surface area contributed by atoms with Crippen LogP contribution >= 0.6 is 0 Å². The van der Waals surface area contributed by atoms with Crippen molar-refractivity contribution in [1.82, 2.24) is 4.72 Å². The molecule has 0 saturated carbocycles. The lowest BCUT2D eigenvalue weighted by molar-refractivity contribution is 0.390. The second-order valence-electron chi connectivity index (χ2n) is 5.26. The highest BCUT2D eigenvalue weighted by atomic mass is 32.2. The standard InChI is InChI=1S/C15H26N2O2S/c1-4-15(5-2)12(3)17-20(18,19)11-14-8-6-13(10-16)7-9-14/h6-9,12,15,17H,4-5,10-11,16H2,1-3H3. The van der Waals surface area contributed by atoms with E-state index in [9.17, 15) is 8.42 Å². The van der Waals surface area contributed by atoms with E-state index < -0.39 is 10.0 Å². The summed E-state index contributed by atoms with van der Waals surface area (Å²) in [4.78, 5) is 0. The van der Waals surface area contributed by atoms with Crippen LogP contribution in [0, 0.1) is 5.92 Å². The third kappa shape index (κ3) is 5.23. The van der Waals surface area contributed by atoms with Crippen molar-refractivity contribution in [3.05, 3.63) is 35.4 Å². The van der Waals surface area contributed by atoms with E-state index in [-0.39, 0.29) is 11.8 Å². The summed E-state index contributed by atoms with van der Waals surface area (Å²) >= 11 is 0. The zero-order chi connectivity index (χ0) is 15.2. The first-order chi connectivity index (χ1) is 9.41. The van der Waals surface area contributed by atoms with Gasteiger partial charge in [-0.1, -0.05) is 51.0 Å². The molecule has 0 saturated heterocycles. The molecular formula is C15H26N2O2S. The number of rotatable bonds is 8. The van der Waals surface area contributed by atoms with Crippen LogP contribution in [0.5, 0.6) is 0 Å². The van der Waals surface area contributed by atoms with Crippen molar-refractivity contribution < 1.29 is 8.42 Å². The molecule has 0 spiro atoms. The van der Waals surface area contributed by atoms with Crippen LogP contribution in [0.2, 0.25) is 0 Å². The zero-order valence-electron chi connectivity index (χ0n) is 12.6. The molecule has 20 heavy (non-hydrogen) atoms. The smallest absolute Gasteiger partial charge is 0.216 e. The fourth-order valence-electron chi connectivity index (χ4n) is 2.41. The van der Waals surface area contributed by atoms with Gasteiger partial charge in [0.05, 0.1) is 5.75 Å². The maximum Gasteiger partial charge on any atom is 0.216 e. The van der Waals surface area contributed by atoms with E-state index in [2.05, 4.69) is 18.6 Å². The maximum atomic E-state index is 12.2. The Morgan fingerprint density at radius 3 is 2.05 bits per heavy atom. The minimum absolute atomic E-state index is 0.0162. The fourth-order valence-corrected chi connectivity index (χ4v) is 3.88. The summed E-state index contributed by atoms with van der Waals surface area (Å²) in [5, 5.41) is 0. The highest BCUT2D eigenvalue weighted by molar-refractivity contribution is 7.88. The molecule has 0 aromatic heterocycles. The molecule has 0 aliphatic rings. The number of sulfonamides is 1. The van der Waals surface area contributed by atoms with Gasteiger partial charge in [-0.15, -0.1) is 0 Å². The average molecular weight is 298 g/mol. The van der Waals surface area contributed by atoms with Crippen molar-refractivity contribution in [2.24, 2.45) is 11.7 Å². The number of nitrogens with two attached hydrogens (primary N) is 1. The lowest BCUT2D eigenvalue weighted by Crippen LogP contribution is -2.38. The Balaban J connectivity index is 2.69. The minimum atomic E-state index is -3.30. The Bertz CT molecular complexity index is 493. The fraction of sp³-hybridized carbons (Fsp3) is 0.600. The van der Waals surface area contributed by atoms with Crippen LogP contribution in [0.25, 0.3) is 0 Å². The van der Waals surface area contributed by atoms with Gasteiger partial charge >= 0.3 is 0 Å². The second kappa shape index (κ2) is 7.76. The molecule has 0 heterocycles.